The number of nitrogens with zero attached hydrogens (tertiary/aromatic N) is 1. The molecule has 2 heterocycles. The third kappa shape index (κ3) is 2.86. The minimum absolute atomic E-state index is 0.272. The number of primary amides is 1. The van der Waals surface area contributed by atoms with Crippen LogP contribution in [0.3, 0.4) is 0 Å². The molecule has 4 rings (SSSR count). The predicted octanol–water partition coefficient (Wildman–Crippen LogP) is 2.86. The number of para-hydroxylation sites is 1. The van der Waals surface area contributed by atoms with Crippen LogP contribution in [0.2, 0.25) is 0 Å². The number of fused-ring (bicyclic) bond motifs is 1. The van der Waals surface area contributed by atoms with Crippen LogP contribution in [0.5, 0.6) is 0 Å². The van der Waals surface area contributed by atoms with Crippen molar-refractivity contribution in [2.24, 2.45) is 11.7 Å². The van der Waals surface area contributed by atoms with Crippen LogP contribution in [0, 0.1) is 5.92 Å². The Morgan fingerprint density at radius 2 is 2.00 bits per heavy atom. The van der Waals surface area contributed by atoms with Gasteiger partial charge in [-0.3, -0.25) is 14.5 Å². The van der Waals surface area contributed by atoms with Gasteiger partial charge in [0, 0.05) is 24.1 Å². The van der Waals surface area contributed by atoms with Gasteiger partial charge in [0.2, 0.25) is 5.91 Å². The van der Waals surface area contributed by atoms with Gasteiger partial charge in [-0.1, -0.05) is 25.1 Å². The highest BCUT2D eigenvalue weighted by Gasteiger charge is 2.37. The molecule has 0 bridgehead atoms. The lowest BCUT2D eigenvalue weighted by molar-refractivity contribution is -0.122. The second-order valence-electron chi connectivity index (χ2n) is 6.85. The van der Waals surface area contributed by atoms with Crippen LogP contribution in [0.4, 0.5) is 5.69 Å². The van der Waals surface area contributed by atoms with E-state index in [2.05, 4.69) is 6.92 Å². The van der Waals surface area contributed by atoms with E-state index in [0.29, 0.717) is 24.0 Å². The highest BCUT2D eigenvalue weighted by Crippen LogP contribution is 2.47. The summed E-state index contributed by atoms with van der Waals surface area (Å²) in [6, 6.07) is 10.7. The van der Waals surface area contributed by atoms with Gasteiger partial charge in [0.25, 0.3) is 5.91 Å². The molecule has 2 unspecified atom stereocenters. The number of furan rings is 1. The van der Waals surface area contributed by atoms with E-state index in [1.807, 2.05) is 36.4 Å². The molecule has 2 N–H and O–H groups in total. The smallest absolute Gasteiger partial charge is 0.251 e. The molecule has 128 valence electrons. The summed E-state index contributed by atoms with van der Waals surface area (Å²) in [4.78, 5) is 25.9. The zero-order valence-corrected chi connectivity index (χ0v) is 14.0. The molecule has 1 fully saturated rings. The molecule has 2 aliphatic rings. The van der Waals surface area contributed by atoms with Crippen LogP contribution in [-0.2, 0) is 16.0 Å². The fourth-order valence-electron chi connectivity index (χ4n) is 3.50. The summed E-state index contributed by atoms with van der Waals surface area (Å²) in [5.41, 5.74) is 7.19. The molecular formula is C20H20N2O3. The van der Waals surface area contributed by atoms with E-state index in [9.17, 15) is 9.59 Å². The van der Waals surface area contributed by atoms with E-state index >= 15 is 0 Å². The van der Waals surface area contributed by atoms with Crippen LogP contribution >= 0.6 is 0 Å². The molecular weight excluding hydrogens is 316 g/mol. The van der Waals surface area contributed by atoms with E-state index in [1.165, 1.54) is 11.0 Å². The molecule has 0 radical (unpaired) electrons. The van der Waals surface area contributed by atoms with E-state index in [1.54, 1.807) is 6.08 Å². The third-order valence-electron chi connectivity index (χ3n) is 5.05. The molecule has 5 heteroatoms. The van der Waals surface area contributed by atoms with Crippen LogP contribution in [0.1, 0.15) is 36.3 Å². The maximum absolute atomic E-state index is 12.7. The first kappa shape index (κ1) is 15.7. The SMILES string of the molecule is CC1CC1c1ccc(/C=C\C(=O)N2c3ccccc3C[C@H]2C(N)=O)o1. The van der Waals surface area contributed by atoms with Crippen LogP contribution in [-0.4, -0.2) is 17.9 Å². The monoisotopic (exact) mass is 336 g/mol. The normalized spacial score (nSPS) is 24.5. The van der Waals surface area contributed by atoms with E-state index in [-0.39, 0.29) is 5.91 Å². The lowest BCUT2D eigenvalue weighted by atomic mass is 10.1. The van der Waals surface area contributed by atoms with Gasteiger partial charge in [0.05, 0.1) is 0 Å². The first-order chi connectivity index (χ1) is 12.0. The molecule has 0 saturated heterocycles. The third-order valence-corrected chi connectivity index (χ3v) is 5.05. The van der Waals surface area contributed by atoms with Crippen molar-refractivity contribution in [3.05, 3.63) is 59.6 Å². The Kier molecular flexibility index (Phi) is 3.71. The van der Waals surface area contributed by atoms with Crippen molar-refractivity contribution in [1.82, 2.24) is 0 Å². The molecule has 2 aromatic rings. The number of benzene rings is 1. The van der Waals surface area contributed by atoms with Crippen molar-refractivity contribution in [3.8, 4) is 0 Å². The molecule has 1 aliphatic heterocycles. The van der Waals surface area contributed by atoms with E-state index < -0.39 is 11.9 Å². The number of nitrogens with two attached hydrogens (primary N) is 1. The average Bonchev–Trinajstić information content (AvgIpc) is 3.03. The fourth-order valence-corrected chi connectivity index (χ4v) is 3.50. The number of hydrogen-bond acceptors (Lipinski definition) is 3. The van der Waals surface area contributed by atoms with Crippen molar-refractivity contribution in [2.75, 3.05) is 4.90 Å². The minimum Gasteiger partial charge on any atom is -0.461 e. The number of rotatable bonds is 4. The van der Waals surface area contributed by atoms with E-state index in [4.69, 9.17) is 10.2 Å². The summed E-state index contributed by atoms with van der Waals surface area (Å²) in [6.45, 7) is 2.20. The van der Waals surface area contributed by atoms with Gasteiger partial charge in [-0.05, 0) is 42.2 Å². The van der Waals surface area contributed by atoms with Crippen molar-refractivity contribution in [1.29, 1.82) is 0 Å². The van der Waals surface area contributed by atoms with Gasteiger partial charge in [-0.25, -0.2) is 0 Å². The number of anilines is 1. The van der Waals surface area contributed by atoms with Gasteiger partial charge >= 0.3 is 0 Å². The summed E-state index contributed by atoms with van der Waals surface area (Å²) in [5.74, 6) is 2.02. The molecule has 0 spiro atoms. The Morgan fingerprint density at radius 3 is 2.72 bits per heavy atom. The van der Waals surface area contributed by atoms with Gasteiger partial charge in [-0.15, -0.1) is 0 Å². The Hall–Kier alpha value is -2.82. The standard InChI is InChI=1S/C20H20N2O3/c1-12-10-15(12)18-8-6-14(25-18)7-9-19(23)22-16-5-3-2-4-13(16)11-17(22)20(21)24/h2-9,12,15,17H,10-11H2,1H3,(H2,21,24)/b9-7-/t12?,15?,17-/m0/s1. The van der Waals surface area contributed by atoms with Gasteiger partial charge in [0.1, 0.15) is 17.6 Å². The maximum atomic E-state index is 12.7. The van der Waals surface area contributed by atoms with Crippen molar-refractivity contribution >= 4 is 23.6 Å². The zero-order valence-electron chi connectivity index (χ0n) is 14.0. The molecule has 1 aliphatic carbocycles. The van der Waals surface area contributed by atoms with Crippen LogP contribution in [0.15, 0.2) is 46.9 Å². The maximum Gasteiger partial charge on any atom is 0.251 e. The molecule has 5 nitrogen and oxygen atoms in total. The highest BCUT2D eigenvalue weighted by molar-refractivity contribution is 6.09. The van der Waals surface area contributed by atoms with Gasteiger partial charge in [0.15, 0.2) is 0 Å². The number of carbonyl (C=O) groups excluding carboxylic acids is 2. The Balaban J connectivity index is 1.55. The first-order valence-electron chi connectivity index (χ1n) is 8.53. The van der Waals surface area contributed by atoms with Crippen molar-refractivity contribution < 1.29 is 14.0 Å². The summed E-state index contributed by atoms with van der Waals surface area (Å²) in [7, 11) is 0. The first-order valence-corrected chi connectivity index (χ1v) is 8.53. The lowest BCUT2D eigenvalue weighted by Crippen LogP contribution is -2.45. The van der Waals surface area contributed by atoms with Gasteiger partial charge < -0.3 is 10.2 Å². The van der Waals surface area contributed by atoms with Crippen LogP contribution < -0.4 is 10.6 Å². The summed E-state index contributed by atoms with van der Waals surface area (Å²) in [6.07, 6.45) is 4.70. The summed E-state index contributed by atoms with van der Waals surface area (Å²) >= 11 is 0. The molecule has 2 amide bonds. The minimum atomic E-state index is -0.644. The molecule has 1 aromatic carbocycles. The largest absolute Gasteiger partial charge is 0.461 e. The lowest BCUT2D eigenvalue weighted by Gasteiger charge is -2.21. The zero-order chi connectivity index (χ0) is 17.6. The molecule has 3 atom stereocenters. The van der Waals surface area contributed by atoms with Gasteiger partial charge in [-0.2, -0.15) is 0 Å². The Morgan fingerprint density at radius 1 is 1.24 bits per heavy atom. The second kappa shape index (κ2) is 5.92. The molecule has 1 aromatic heterocycles. The summed E-state index contributed by atoms with van der Waals surface area (Å²) < 4.78 is 5.79. The number of amides is 2. The van der Waals surface area contributed by atoms with Crippen molar-refractivity contribution in [2.45, 2.75) is 31.7 Å². The Bertz CT molecular complexity index is 867. The average molecular weight is 336 g/mol. The Labute approximate surface area is 146 Å². The number of carbonyl (C=O) groups is 2. The predicted molar refractivity (Wildman–Crippen MR) is 94.9 cm³/mol. The van der Waals surface area contributed by atoms with Crippen molar-refractivity contribution in [3.63, 3.8) is 0 Å². The van der Waals surface area contributed by atoms with Crippen LogP contribution in [0.25, 0.3) is 6.08 Å². The fraction of sp³-hybridized carbons (Fsp3) is 0.300. The molecule has 1 saturated carbocycles. The topological polar surface area (TPSA) is 76.5 Å². The second-order valence-corrected chi connectivity index (χ2v) is 6.85. The number of hydrogen-bond donors (Lipinski definition) is 1. The molecule has 25 heavy (non-hydrogen) atoms. The van der Waals surface area contributed by atoms with E-state index in [0.717, 1.165) is 23.4 Å². The quantitative estimate of drug-likeness (QED) is 0.872. The summed E-state index contributed by atoms with van der Waals surface area (Å²) in [5, 5.41) is 0. The highest BCUT2D eigenvalue weighted by atomic mass is 16.3.